The molecule has 0 aliphatic heterocycles. The Morgan fingerprint density at radius 3 is 2.42 bits per heavy atom. The summed E-state index contributed by atoms with van der Waals surface area (Å²) in [6, 6.07) is 10.4. The van der Waals surface area contributed by atoms with E-state index in [2.05, 4.69) is 24.5 Å². The summed E-state index contributed by atoms with van der Waals surface area (Å²) in [6.07, 6.45) is 4.52. The van der Waals surface area contributed by atoms with Gasteiger partial charge in [0.15, 0.2) is 0 Å². The van der Waals surface area contributed by atoms with Gasteiger partial charge in [-0.05, 0) is 39.7 Å². The molecule has 0 aliphatic rings. The van der Waals surface area contributed by atoms with E-state index in [9.17, 15) is 4.79 Å². The summed E-state index contributed by atoms with van der Waals surface area (Å²) in [5.41, 5.74) is 0.586. The van der Waals surface area contributed by atoms with Gasteiger partial charge >= 0.3 is 6.09 Å². The Morgan fingerprint density at radius 2 is 1.83 bits per heavy atom. The van der Waals surface area contributed by atoms with Gasteiger partial charge in [0, 0.05) is 12.6 Å². The summed E-state index contributed by atoms with van der Waals surface area (Å²) in [4.78, 5) is 12.1. The molecule has 2 unspecified atom stereocenters. The van der Waals surface area contributed by atoms with Crippen molar-refractivity contribution in [1.29, 1.82) is 0 Å². The van der Waals surface area contributed by atoms with Gasteiger partial charge in [0.2, 0.25) is 0 Å². The fraction of sp³-hybridized carbons (Fsp3) is 0.650. The molecule has 1 rings (SSSR count). The van der Waals surface area contributed by atoms with Crippen molar-refractivity contribution in [3.8, 4) is 0 Å². The molecule has 0 fully saturated rings. The second-order valence-electron chi connectivity index (χ2n) is 7.41. The van der Waals surface area contributed by atoms with Crippen molar-refractivity contribution in [3.05, 3.63) is 35.9 Å². The van der Waals surface area contributed by atoms with Crippen LogP contribution in [-0.4, -0.2) is 24.3 Å². The first-order chi connectivity index (χ1) is 11.3. The number of amides is 1. The van der Waals surface area contributed by atoms with Gasteiger partial charge < -0.3 is 15.4 Å². The molecule has 0 heterocycles. The number of benzene rings is 1. The van der Waals surface area contributed by atoms with Gasteiger partial charge in [0.25, 0.3) is 0 Å². The van der Waals surface area contributed by atoms with Crippen molar-refractivity contribution in [2.75, 3.05) is 6.54 Å². The van der Waals surface area contributed by atoms with Crippen LogP contribution >= 0.6 is 0 Å². The molecule has 0 aliphatic carbocycles. The van der Waals surface area contributed by atoms with Crippen LogP contribution in [0.5, 0.6) is 0 Å². The lowest BCUT2D eigenvalue weighted by Crippen LogP contribution is -2.41. The van der Waals surface area contributed by atoms with E-state index < -0.39 is 5.60 Å². The van der Waals surface area contributed by atoms with Crippen LogP contribution in [0.2, 0.25) is 0 Å². The monoisotopic (exact) mass is 334 g/mol. The standard InChI is InChI=1S/C20H34N2O2/c1-6-7-9-12-16(2)21-15-18(17-13-10-8-11-14-17)22-19(23)24-20(3,4)5/h8,10-11,13-14,16,18,21H,6-7,9,12,15H2,1-5H3,(H,22,23). The topological polar surface area (TPSA) is 50.4 Å². The van der Waals surface area contributed by atoms with Crippen molar-refractivity contribution in [2.45, 2.75) is 78.0 Å². The molecular formula is C20H34N2O2. The SMILES string of the molecule is CCCCCC(C)NCC(NC(=O)OC(C)(C)C)c1ccccc1. The van der Waals surface area contributed by atoms with E-state index in [0.29, 0.717) is 12.6 Å². The molecule has 0 aromatic heterocycles. The zero-order valence-electron chi connectivity index (χ0n) is 15.9. The molecule has 4 nitrogen and oxygen atoms in total. The average molecular weight is 335 g/mol. The number of hydrogen-bond acceptors (Lipinski definition) is 3. The van der Waals surface area contributed by atoms with Crippen molar-refractivity contribution >= 4 is 6.09 Å². The normalized spacial score (nSPS) is 14.0. The molecule has 1 aromatic carbocycles. The van der Waals surface area contributed by atoms with E-state index in [-0.39, 0.29) is 12.1 Å². The van der Waals surface area contributed by atoms with E-state index >= 15 is 0 Å². The maximum atomic E-state index is 12.1. The van der Waals surface area contributed by atoms with Gasteiger partial charge in [-0.1, -0.05) is 56.5 Å². The highest BCUT2D eigenvalue weighted by Gasteiger charge is 2.20. The van der Waals surface area contributed by atoms with Crippen LogP contribution in [0.15, 0.2) is 30.3 Å². The van der Waals surface area contributed by atoms with E-state index in [1.807, 2.05) is 51.1 Å². The van der Waals surface area contributed by atoms with Crippen molar-refractivity contribution in [3.63, 3.8) is 0 Å². The lowest BCUT2D eigenvalue weighted by molar-refractivity contribution is 0.0502. The molecule has 1 amide bonds. The molecule has 0 radical (unpaired) electrons. The van der Waals surface area contributed by atoms with Crippen LogP contribution in [0.1, 0.15) is 71.9 Å². The van der Waals surface area contributed by atoms with Gasteiger partial charge in [-0.15, -0.1) is 0 Å². The first-order valence-corrected chi connectivity index (χ1v) is 9.09. The van der Waals surface area contributed by atoms with Crippen LogP contribution in [0.25, 0.3) is 0 Å². The third-order valence-electron chi connectivity index (χ3n) is 3.80. The Hall–Kier alpha value is -1.55. The average Bonchev–Trinajstić information content (AvgIpc) is 2.50. The van der Waals surface area contributed by atoms with Crippen LogP contribution in [0, 0.1) is 0 Å². The lowest BCUT2D eigenvalue weighted by atomic mass is 10.1. The zero-order chi connectivity index (χ0) is 18.0. The second-order valence-corrected chi connectivity index (χ2v) is 7.41. The van der Waals surface area contributed by atoms with Crippen LogP contribution in [0.4, 0.5) is 4.79 Å². The molecule has 24 heavy (non-hydrogen) atoms. The number of carbonyl (C=O) groups excluding carboxylic acids is 1. The van der Waals surface area contributed by atoms with Crippen LogP contribution < -0.4 is 10.6 Å². The highest BCUT2D eigenvalue weighted by atomic mass is 16.6. The Kier molecular flexibility index (Phi) is 8.83. The molecule has 2 N–H and O–H groups in total. The number of rotatable bonds is 9. The van der Waals surface area contributed by atoms with Gasteiger partial charge in [0.1, 0.15) is 5.60 Å². The Balaban J connectivity index is 2.61. The number of unbranched alkanes of at least 4 members (excludes halogenated alkanes) is 2. The van der Waals surface area contributed by atoms with Crippen molar-refractivity contribution in [2.24, 2.45) is 0 Å². The molecule has 1 aromatic rings. The fourth-order valence-corrected chi connectivity index (χ4v) is 2.51. The summed E-state index contributed by atoms with van der Waals surface area (Å²) in [5, 5.41) is 6.53. The molecule has 0 spiro atoms. The number of ether oxygens (including phenoxy) is 1. The Labute approximate surface area is 147 Å². The summed E-state index contributed by atoms with van der Waals surface area (Å²) in [6.45, 7) is 10.7. The molecule has 2 atom stereocenters. The van der Waals surface area contributed by atoms with Gasteiger partial charge in [-0.3, -0.25) is 0 Å². The summed E-state index contributed by atoms with van der Waals surface area (Å²) < 4.78 is 5.40. The minimum atomic E-state index is -0.494. The predicted molar refractivity (Wildman–Crippen MR) is 100 cm³/mol. The Bertz CT molecular complexity index is 468. The number of nitrogens with one attached hydrogen (secondary N) is 2. The van der Waals surface area contributed by atoms with Crippen molar-refractivity contribution in [1.82, 2.24) is 10.6 Å². The van der Waals surface area contributed by atoms with E-state index in [0.717, 1.165) is 12.0 Å². The Morgan fingerprint density at radius 1 is 1.17 bits per heavy atom. The summed E-state index contributed by atoms with van der Waals surface area (Å²) >= 11 is 0. The largest absolute Gasteiger partial charge is 0.444 e. The van der Waals surface area contributed by atoms with Gasteiger partial charge in [-0.25, -0.2) is 4.79 Å². The molecule has 0 saturated heterocycles. The molecule has 136 valence electrons. The smallest absolute Gasteiger partial charge is 0.408 e. The highest BCUT2D eigenvalue weighted by molar-refractivity contribution is 5.68. The number of carbonyl (C=O) groups is 1. The third kappa shape index (κ3) is 8.92. The molecular weight excluding hydrogens is 300 g/mol. The molecule has 4 heteroatoms. The first-order valence-electron chi connectivity index (χ1n) is 9.09. The van der Waals surface area contributed by atoms with Crippen molar-refractivity contribution < 1.29 is 9.53 Å². The molecule has 0 bridgehead atoms. The number of alkyl carbamates (subject to hydrolysis) is 1. The fourth-order valence-electron chi connectivity index (χ4n) is 2.51. The second kappa shape index (κ2) is 10.3. The summed E-state index contributed by atoms with van der Waals surface area (Å²) in [5.74, 6) is 0. The maximum absolute atomic E-state index is 12.1. The zero-order valence-corrected chi connectivity index (χ0v) is 15.9. The first kappa shape index (κ1) is 20.5. The van der Waals surface area contributed by atoms with E-state index in [4.69, 9.17) is 4.74 Å². The summed E-state index contributed by atoms with van der Waals surface area (Å²) in [7, 11) is 0. The molecule has 0 saturated carbocycles. The number of hydrogen-bond donors (Lipinski definition) is 2. The van der Waals surface area contributed by atoms with Crippen LogP contribution in [0.3, 0.4) is 0 Å². The van der Waals surface area contributed by atoms with Crippen LogP contribution in [-0.2, 0) is 4.74 Å². The van der Waals surface area contributed by atoms with Gasteiger partial charge in [0.05, 0.1) is 6.04 Å². The van der Waals surface area contributed by atoms with E-state index in [1.54, 1.807) is 0 Å². The maximum Gasteiger partial charge on any atom is 0.408 e. The lowest BCUT2D eigenvalue weighted by Gasteiger charge is -2.25. The highest BCUT2D eigenvalue weighted by Crippen LogP contribution is 2.14. The van der Waals surface area contributed by atoms with E-state index in [1.165, 1.54) is 19.3 Å². The van der Waals surface area contributed by atoms with Gasteiger partial charge in [-0.2, -0.15) is 0 Å². The quantitative estimate of drug-likeness (QED) is 0.637. The third-order valence-corrected chi connectivity index (χ3v) is 3.80. The minimum Gasteiger partial charge on any atom is -0.444 e. The minimum absolute atomic E-state index is 0.102. The predicted octanol–water partition coefficient (Wildman–Crippen LogP) is 4.81.